The Labute approximate surface area is 121 Å². The van der Waals surface area contributed by atoms with Gasteiger partial charge in [0.1, 0.15) is 11.0 Å². The molecule has 0 amide bonds. The van der Waals surface area contributed by atoms with Crippen molar-refractivity contribution in [1.82, 2.24) is 9.97 Å². The smallest absolute Gasteiger partial charge is 0.227 e. The molecule has 0 atom stereocenters. The Morgan fingerprint density at radius 1 is 1.25 bits per heavy atom. The summed E-state index contributed by atoms with van der Waals surface area (Å²) in [4.78, 5) is 8.63. The minimum atomic E-state index is -0.419. The van der Waals surface area contributed by atoms with Gasteiger partial charge in [0.05, 0.1) is 0 Å². The average Bonchev–Trinajstić information content (AvgIpc) is 3.23. The van der Waals surface area contributed by atoms with Crippen LogP contribution in [0, 0.1) is 19.7 Å². The van der Waals surface area contributed by atoms with Crippen LogP contribution in [-0.4, -0.2) is 9.97 Å². The Hall–Kier alpha value is -1.68. The third-order valence-corrected chi connectivity index (χ3v) is 3.66. The minimum absolute atomic E-state index is 0.157. The number of hydrogen-bond donors (Lipinski definition) is 0. The van der Waals surface area contributed by atoms with Crippen LogP contribution in [0.4, 0.5) is 4.39 Å². The van der Waals surface area contributed by atoms with Crippen LogP contribution < -0.4 is 4.74 Å². The lowest BCUT2D eigenvalue weighted by molar-refractivity contribution is 0.421. The molecule has 2 aromatic rings. The molecule has 5 heteroatoms. The zero-order chi connectivity index (χ0) is 14.3. The van der Waals surface area contributed by atoms with Crippen LogP contribution in [0.5, 0.6) is 11.6 Å². The first-order valence-electron chi connectivity index (χ1n) is 6.52. The Bertz CT molecular complexity index is 671. The summed E-state index contributed by atoms with van der Waals surface area (Å²) in [7, 11) is 0. The number of aryl methyl sites for hydroxylation is 1. The zero-order valence-electron chi connectivity index (χ0n) is 11.3. The van der Waals surface area contributed by atoms with Crippen LogP contribution in [0.15, 0.2) is 18.2 Å². The molecule has 3 rings (SSSR count). The Kier molecular flexibility index (Phi) is 3.34. The van der Waals surface area contributed by atoms with Crippen molar-refractivity contribution >= 4 is 11.6 Å². The fourth-order valence-electron chi connectivity index (χ4n) is 1.90. The standard InChI is InChI=1S/C15H14ClFN2O/c1-8-3-6-11(17)12(7-8)20-15-9(2)13(16)18-14(19-15)10-4-5-10/h3,6-7,10H,4-5H2,1-2H3. The van der Waals surface area contributed by atoms with Crippen LogP contribution in [-0.2, 0) is 0 Å². The second kappa shape index (κ2) is 5.02. The van der Waals surface area contributed by atoms with Gasteiger partial charge in [0, 0.05) is 11.5 Å². The quantitative estimate of drug-likeness (QED) is 0.778. The van der Waals surface area contributed by atoms with Crippen molar-refractivity contribution in [3.8, 4) is 11.6 Å². The number of rotatable bonds is 3. The van der Waals surface area contributed by atoms with Crippen LogP contribution >= 0.6 is 11.6 Å². The molecule has 1 heterocycles. The van der Waals surface area contributed by atoms with E-state index in [1.54, 1.807) is 19.1 Å². The SMILES string of the molecule is Cc1ccc(F)c(Oc2nc(C3CC3)nc(Cl)c2C)c1. The molecular formula is C15H14ClFN2O. The number of nitrogens with zero attached hydrogens (tertiary/aromatic N) is 2. The second-order valence-electron chi connectivity index (χ2n) is 5.11. The van der Waals surface area contributed by atoms with E-state index in [4.69, 9.17) is 16.3 Å². The number of aromatic nitrogens is 2. The Balaban J connectivity index is 1.99. The fraction of sp³-hybridized carbons (Fsp3) is 0.333. The van der Waals surface area contributed by atoms with Crippen molar-refractivity contribution in [2.45, 2.75) is 32.6 Å². The van der Waals surface area contributed by atoms with Gasteiger partial charge in [-0.15, -0.1) is 0 Å². The molecule has 1 saturated carbocycles. The monoisotopic (exact) mass is 292 g/mol. The maximum Gasteiger partial charge on any atom is 0.227 e. The van der Waals surface area contributed by atoms with Crippen LogP contribution in [0.25, 0.3) is 0 Å². The molecule has 1 aromatic heterocycles. The molecule has 3 nitrogen and oxygen atoms in total. The molecule has 20 heavy (non-hydrogen) atoms. The second-order valence-corrected chi connectivity index (χ2v) is 5.47. The predicted molar refractivity (Wildman–Crippen MR) is 75.0 cm³/mol. The topological polar surface area (TPSA) is 35.0 Å². The summed E-state index contributed by atoms with van der Waals surface area (Å²) < 4.78 is 19.4. The van der Waals surface area contributed by atoms with Crippen molar-refractivity contribution in [3.05, 3.63) is 46.1 Å². The summed E-state index contributed by atoms with van der Waals surface area (Å²) in [5.41, 5.74) is 1.54. The van der Waals surface area contributed by atoms with E-state index < -0.39 is 5.82 Å². The van der Waals surface area contributed by atoms with Crippen molar-refractivity contribution in [3.63, 3.8) is 0 Å². The molecule has 0 aliphatic heterocycles. The summed E-state index contributed by atoms with van der Waals surface area (Å²) in [5.74, 6) is 1.11. The maximum absolute atomic E-state index is 13.8. The van der Waals surface area contributed by atoms with Gasteiger partial charge in [0.2, 0.25) is 5.88 Å². The van der Waals surface area contributed by atoms with Crippen molar-refractivity contribution in [2.75, 3.05) is 0 Å². The molecule has 1 fully saturated rings. The van der Waals surface area contributed by atoms with Gasteiger partial charge in [-0.25, -0.2) is 9.37 Å². The third-order valence-electron chi connectivity index (χ3n) is 3.29. The zero-order valence-corrected chi connectivity index (χ0v) is 12.0. The molecule has 1 aliphatic rings. The summed E-state index contributed by atoms with van der Waals surface area (Å²) in [6.07, 6.45) is 2.13. The first-order chi connectivity index (χ1) is 9.54. The number of ether oxygens (including phenoxy) is 1. The highest BCUT2D eigenvalue weighted by atomic mass is 35.5. The maximum atomic E-state index is 13.8. The fourth-order valence-corrected chi connectivity index (χ4v) is 2.07. The number of hydrogen-bond acceptors (Lipinski definition) is 3. The first-order valence-corrected chi connectivity index (χ1v) is 6.90. The number of halogens is 2. The van der Waals surface area contributed by atoms with E-state index in [2.05, 4.69) is 9.97 Å². The van der Waals surface area contributed by atoms with Gasteiger partial charge in [-0.3, -0.25) is 0 Å². The van der Waals surface area contributed by atoms with Crippen molar-refractivity contribution in [2.24, 2.45) is 0 Å². The highest BCUT2D eigenvalue weighted by Crippen LogP contribution is 2.40. The van der Waals surface area contributed by atoms with Crippen LogP contribution in [0.2, 0.25) is 5.15 Å². The van der Waals surface area contributed by atoms with Gasteiger partial charge in [-0.1, -0.05) is 17.7 Å². The Morgan fingerprint density at radius 2 is 2.00 bits per heavy atom. The number of benzene rings is 1. The molecule has 0 N–H and O–H groups in total. The van der Waals surface area contributed by atoms with Gasteiger partial charge < -0.3 is 4.74 Å². The molecule has 0 saturated heterocycles. The predicted octanol–water partition coefficient (Wildman–Crippen LogP) is 4.56. The normalized spacial score (nSPS) is 14.4. The van der Waals surface area contributed by atoms with E-state index >= 15 is 0 Å². The van der Waals surface area contributed by atoms with Gasteiger partial charge in [0.15, 0.2) is 11.6 Å². The van der Waals surface area contributed by atoms with Crippen molar-refractivity contribution < 1.29 is 9.13 Å². The lowest BCUT2D eigenvalue weighted by atomic mass is 10.2. The van der Waals surface area contributed by atoms with E-state index in [1.807, 2.05) is 6.92 Å². The average molecular weight is 293 g/mol. The molecular weight excluding hydrogens is 279 g/mol. The highest BCUT2D eigenvalue weighted by molar-refractivity contribution is 6.30. The summed E-state index contributed by atoms with van der Waals surface area (Å²) in [6.45, 7) is 3.64. The van der Waals surface area contributed by atoms with Crippen molar-refractivity contribution in [1.29, 1.82) is 0 Å². The minimum Gasteiger partial charge on any atom is -0.435 e. The van der Waals surface area contributed by atoms with E-state index in [0.717, 1.165) is 18.4 Å². The molecule has 0 radical (unpaired) electrons. The largest absolute Gasteiger partial charge is 0.435 e. The van der Waals surface area contributed by atoms with E-state index in [-0.39, 0.29) is 5.75 Å². The van der Waals surface area contributed by atoms with Gasteiger partial charge >= 0.3 is 0 Å². The molecule has 0 bridgehead atoms. The van der Waals surface area contributed by atoms with Crippen LogP contribution in [0.1, 0.15) is 35.7 Å². The van der Waals surface area contributed by atoms with E-state index in [1.165, 1.54) is 6.07 Å². The Morgan fingerprint density at radius 3 is 2.70 bits per heavy atom. The van der Waals surface area contributed by atoms with E-state index in [9.17, 15) is 4.39 Å². The molecule has 0 spiro atoms. The molecule has 0 unspecified atom stereocenters. The van der Waals surface area contributed by atoms with Gasteiger partial charge in [-0.2, -0.15) is 4.98 Å². The summed E-state index contributed by atoms with van der Waals surface area (Å²) in [6, 6.07) is 4.71. The highest BCUT2D eigenvalue weighted by Gasteiger charge is 2.28. The first kappa shape index (κ1) is 13.3. The molecule has 104 valence electrons. The summed E-state index contributed by atoms with van der Waals surface area (Å²) >= 11 is 6.10. The lowest BCUT2D eigenvalue weighted by Crippen LogP contribution is -2.01. The van der Waals surface area contributed by atoms with Crippen LogP contribution in [0.3, 0.4) is 0 Å². The third kappa shape index (κ3) is 2.61. The molecule has 1 aromatic carbocycles. The lowest BCUT2D eigenvalue weighted by Gasteiger charge is -2.11. The van der Waals surface area contributed by atoms with Gasteiger partial charge in [0.25, 0.3) is 0 Å². The van der Waals surface area contributed by atoms with E-state index in [0.29, 0.717) is 28.3 Å². The van der Waals surface area contributed by atoms with Gasteiger partial charge in [-0.05, 0) is 44.4 Å². The molecule has 1 aliphatic carbocycles. The summed E-state index contributed by atoms with van der Waals surface area (Å²) in [5, 5.41) is 0.366.